The maximum absolute atomic E-state index is 5.27. The highest BCUT2D eigenvalue weighted by Gasteiger charge is 2.06. The number of benzene rings is 2. The number of aryl methyl sites for hydroxylation is 1. The fourth-order valence-electron chi connectivity index (χ4n) is 2.24. The minimum Gasteiger partial charge on any atom is -0.497 e. The molecule has 1 aromatic heterocycles. The Labute approximate surface area is 93.8 Å². The lowest BCUT2D eigenvalue weighted by Crippen LogP contribution is -1.81. The van der Waals surface area contributed by atoms with Gasteiger partial charge in [-0.1, -0.05) is 12.1 Å². The molecular weight excluding hydrogens is 198 g/mol. The summed E-state index contributed by atoms with van der Waals surface area (Å²) in [6.45, 7) is 2.13. The second-order valence-electron chi connectivity index (χ2n) is 4.03. The van der Waals surface area contributed by atoms with E-state index in [2.05, 4.69) is 42.2 Å². The summed E-state index contributed by atoms with van der Waals surface area (Å²) in [5, 5.41) is 2.52. The Morgan fingerprint density at radius 1 is 1.06 bits per heavy atom. The average molecular weight is 211 g/mol. The lowest BCUT2D eigenvalue weighted by molar-refractivity contribution is 0.415. The highest BCUT2D eigenvalue weighted by atomic mass is 16.5. The number of rotatable bonds is 1. The SMILES string of the molecule is COc1ccc2[nH]c3cccc(C)c3c2c1. The summed E-state index contributed by atoms with van der Waals surface area (Å²) in [4.78, 5) is 3.41. The Morgan fingerprint density at radius 3 is 2.75 bits per heavy atom. The van der Waals surface area contributed by atoms with Crippen molar-refractivity contribution in [2.45, 2.75) is 6.92 Å². The van der Waals surface area contributed by atoms with E-state index < -0.39 is 0 Å². The van der Waals surface area contributed by atoms with E-state index in [1.54, 1.807) is 7.11 Å². The molecule has 0 saturated heterocycles. The third-order valence-corrected chi connectivity index (χ3v) is 3.04. The molecule has 0 aliphatic carbocycles. The summed E-state index contributed by atoms with van der Waals surface area (Å²) in [7, 11) is 1.70. The second kappa shape index (κ2) is 3.27. The topological polar surface area (TPSA) is 25.0 Å². The first-order chi connectivity index (χ1) is 7.79. The van der Waals surface area contributed by atoms with E-state index in [-0.39, 0.29) is 0 Å². The number of aromatic nitrogens is 1. The standard InChI is InChI=1S/C14H13NO/c1-9-4-3-5-13-14(9)11-8-10(16-2)6-7-12(11)15-13/h3-8,15H,1-2H3. The summed E-state index contributed by atoms with van der Waals surface area (Å²) < 4.78 is 5.27. The van der Waals surface area contributed by atoms with Crippen molar-refractivity contribution in [2.24, 2.45) is 0 Å². The summed E-state index contributed by atoms with van der Waals surface area (Å²) in [6.07, 6.45) is 0. The van der Waals surface area contributed by atoms with Gasteiger partial charge in [-0.15, -0.1) is 0 Å². The van der Waals surface area contributed by atoms with Crippen LogP contribution in [0.5, 0.6) is 5.75 Å². The van der Waals surface area contributed by atoms with E-state index in [0.29, 0.717) is 0 Å². The van der Waals surface area contributed by atoms with Crippen LogP contribution >= 0.6 is 0 Å². The van der Waals surface area contributed by atoms with Crippen LogP contribution in [0.2, 0.25) is 0 Å². The van der Waals surface area contributed by atoms with Gasteiger partial charge in [0.1, 0.15) is 5.75 Å². The van der Waals surface area contributed by atoms with Crippen LogP contribution in [0.3, 0.4) is 0 Å². The number of aromatic amines is 1. The fourth-order valence-corrected chi connectivity index (χ4v) is 2.24. The normalized spacial score (nSPS) is 11.1. The maximum atomic E-state index is 5.27. The third kappa shape index (κ3) is 1.20. The van der Waals surface area contributed by atoms with Gasteiger partial charge in [-0.25, -0.2) is 0 Å². The van der Waals surface area contributed by atoms with Crippen LogP contribution < -0.4 is 4.74 Å². The van der Waals surface area contributed by atoms with Crippen LogP contribution in [-0.4, -0.2) is 12.1 Å². The van der Waals surface area contributed by atoms with Gasteiger partial charge in [-0.05, 0) is 36.8 Å². The molecule has 0 spiro atoms. The lowest BCUT2D eigenvalue weighted by Gasteiger charge is -2.00. The summed E-state index contributed by atoms with van der Waals surface area (Å²) in [5.41, 5.74) is 3.63. The first-order valence-electron chi connectivity index (χ1n) is 5.34. The van der Waals surface area contributed by atoms with E-state index in [0.717, 1.165) is 11.3 Å². The Hall–Kier alpha value is -1.96. The number of methoxy groups -OCH3 is 1. The van der Waals surface area contributed by atoms with Gasteiger partial charge in [-0.2, -0.15) is 0 Å². The van der Waals surface area contributed by atoms with Gasteiger partial charge in [-0.3, -0.25) is 0 Å². The van der Waals surface area contributed by atoms with E-state index in [1.807, 2.05) is 6.07 Å². The largest absolute Gasteiger partial charge is 0.497 e. The maximum Gasteiger partial charge on any atom is 0.119 e. The minimum atomic E-state index is 0.900. The fraction of sp³-hybridized carbons (Fsp3) is 0.143. The molecule has 16 heavy (non-hydrogen) atoms. The van der Waals surface area contributed by atoms with Gasteiger partial charge in [0.25, 0.3) is 0 Å². The highest BCUT2D eigenvalue weighted by molar-refractivity contribution is 6.09. The molecule has 0 saturated carbocycles. The average Bonchev–Trinajstić information content (AvgIpc) is 2.67. The third-order valence-electron chi connectivity index (χ3n) is 3.04. The first kappa shape index (κ1) is 9.28. The molecule has 0 radical (unpaired) electrons. The van der Waals surface area contributed by atoms with Crippen LogP contribution in [0.4, 0.5) is 0 Å². The highest BCUT2D eigenvalue weighted by Crippen LogP contribution is 2.30. The van der Waals surface area contributed by atoms with Gasteiger partial charge in [0, 0.05) is 21.8 Å². The van der Waals surface area contributed by atoms with Gasteiger partial charge >= 0.3 is 0 Å². The Morgan fingerprint density at radius 2 is 1.94 bits per heavy atom. The predicted octanol–water partition coefficient (Wildman–Crippen LogP) is 3.64. The van der Waals surface area contributed by atoms with Crippen molar-refractivity contribution in [1.82, 2.24) is 4.98 Å². The zero-order chi connectivity index (χ0) is 11.1. The van der Waals surface area contributed by atoms with Crippen molar-refractivity contribution in [3.63, 3.8) is 0 Å². The molecule has 0 bridgehead atoms. The Bertz CT molecular complexity index is 667. The van der Waals surface area contributed by atoms with Crippen LogP contribution in [0.15, 0.2) is 36.4 Å². The van der Waals surface area contributed by atoms with E-state index in [4.69, 9.17) is 4.74 Å². The van der Waals surface area contributed by atoms with Crippen molar-refractivity contribution in [2.75, 3.05) is 7.11 Å². The van der Waals surface area contributed by atoms with Crippen LogP contribution in [0.1, 0.15) is 5.56 Å². The van der Waals surface area contributed by atoms with Crippen molar-refractivity contribution >= 4 is 21.8 Å². The molecule has 0 atom stereocenters. The Kier molecular flexibility index (Phi) is 1.90. The number of nitrogens with one attached hydrogen (secondary N) is 1. The molecular formula is C14H13NO. The van der Waals surface area contributed by atoms with Gasteiger partial charge < -0.3 is 9.72 Å². The second-order valence-corrected chi connectivity index (χ2v) is 4.03. The monoisotopic (exact) mass is 211 g/mol. The summed E-state index contributed by atoms with van der Waals surface area (Å²) in [5.74, 6) is 0.900. The number of hydrogen-bond donors (Lipinski definition) is 1. The van der Waals surface area contributed by atoms with E-state index >= 15 is 0 Å². The van der Waals surface area contributed by atoms with Gasteiger partial charge in [0.05, 0.1) is 7.11 Å². The quantitative estimate of drug-likeness (QED) is 0.653. The summed E-state index contributed by atoms with van der Waals surface area (Å²) >= 11 is 0. The van der Waals surface area contributed by atoms with Crippen LogP contribution in [-0.2, 0) is 0 Å². The molecule has 3 rings (SSSR count). The molecule has 2 heteroatoms. The van der Waals surface area contributed by atoms with Gasteiger partial charge in [0.2, 0.25) is 0 Å². The molecule has 2 nitrogen and oxygen atoms in total. The van der Waals surface area contributed by atoms with Gasteiger partial charge in [0.15, 0.2) is 0 Å². The molecule has 0 aliphatic heterocycles. The number of H-pyrrole nitrogens is 1. The first-order valence-corrected chi connectivity index (χ1v) is 5.34. The number of fused-ring (bicyclic) bond motifs is 3. The van der Waals surface area contributed by atoms with Crippen LogP contribution in [0.25, 0.3) is 21.8 Å². The molecule has 0 fully saturated rings. The van der Waals surface area contributed by atoms with Crippen molar-refractivity contribution < 1.29 is 4.74 Å². The van der Waals surface area contributed by atoms with Crippen molar-refractivity contribution in [1.29, 1.82) is 0 Å². The molecule has 1 heterocycles. The smallest absolute Gasteiger partial charge is 0.119 e. The zero-order valence-corrected chi connectivity index (χ0v) is 9.37. The van der Waals surface area contributed by atoms with E-state index in [1.165, 1.54) is 21.9 Å². The molecule has 2 aromatic carbocycles. The lowest BCUT2D eigenvalue weighted by atomic mass is 10.1. The predicted molar refractivity (Wildman–Crippen MR) is 67.1 cm³/mol. The van der Waals surface area contributed by atoms with Crippen molar-refractivity contribution in [3.05, 3.63) is 42.0 Å². The molecule has 3 aromatic rings. The minimum absolute atomic E-state index is 0.900. The summed E-state index contributed by atoms with van der Waals surface area (Å²) in [6, 6.07) is 12.4. The number of hydrogen-bond acceptors (Lipinski definition) is 1. The Balaban J connectivity index is 2.50. The zero-order valence-electron chi connectivity index (χ0n) is 9.37. The number of ether oxygens (including phenoxy) is 1. The van der Waals surface area contributed by atoms with Crippen LogP contribution in [0, 0.1) is 6.92 Å². The molecule has 0 aliphatic rings. The van der Waals surface area contributed by atoms with Crippen molar-refractivity contribution in [3.8, 4) is 5.75 Å². The molecule has 1 N–H and O–H groups in total. The molecule has 0 amide bonds. The molecule has 0 unspecified atom stereocenters. The molecule has 80 valence electrons. The van der Waals surface area contributed by atoms with E-state index in [9.17, 15) is 0 Å².